The van der Waals surface area contributed by atoms with E-state index in [1.807, 2.05) is 30.3 Å². The number of rotatable bonds is 6. The number of piperazine rings is 1. The zero-order valence-corrected chi connectivity index (χ0v) is 21.1. The molecule has 3 heterocycles. The van der Waals surface area contributed by atoms with Crippen molar-refractivity contribution in [2.24, 2.45) is 0 Å². The number of hydrogen-bond donors (Lipinski definition) is 2. The number of hydrogen-bond acceptors (Lipinski definition) is 8. The lowest BCUT2D eigenvalue weighted by Gasteiger charge is -2.35. The first-order valence-electron chi connectivity index (χ1n) is 12.1. The molecule has 1 aliphatic rings. The molecule has 2 aromatic heterocycles. The van der Waals surface area contributed by atoms with Gasteiger partial charge in [0, 0.05) is 38.3 Å². The maximum atomic E-state index is 13.1. The fraction of sp³-hybridized carbons (Fsp3) is 0.259. The number of carbonyl (C=O) groups excluding carboxylic acids is 1. The van der Waals surface area contributed by atoms with Crippen molar-refractivity contribution in [3.05, 3.63) is 66.0 Å². The molecule has 4 aromatic rings. The summed E-state index contributed by atoms with van der Waals surface area (Å²) in [5.74, 6) is 1.72. The average molecular weight is 518 g/mol. The van der Waals surface area contributed by atoms with Crippen LogP contribution < -0.4 is 25.4 Å². The van der Waals surface area contributed by atoms with Gasteiger partial charge in [0.05, 0.1) is 25.4 Å². The van der Waals surface area contributed by atoms with Crippen molar-refractivity contribution < 1.29 is 18.7 Å². The third-order valence-corrected chi connectivity index (χ3v) is 6.44. The molecule has 0 spiro atoms. The van der Waals surface area contributed by atoms with Crippen molar-refractivity contribution in [2.75, 3.05) is 51.0 Å². The summed E-state index contributed by atoms with van der Waals surface area (Å²) in [6, 6.07) is 15.3. The van der Waals surface area contributed by atoms with Crippen molar-refractivity contribution in [3.8, 4) is 22.8 Å². The highest BCUT2D eigenvalue weighted by Gasteiger charge is 2.24. The minimum atomic E-state index is -0.306. The lowest BCUT2D eigenvalue weighted by molar-refractivity contribution is 0.194. The Morgan fingerprint density at radius 3 is 2.39 bits per heavy atom. The van der Waals surface area contributed by atoms with Crippen LogP contribution in [-0.2, 0) is 6.54 Å². The maximum absolute atomic E-state index is 13.1. The predicted molar refractivity (Wildman–Crippen MR) is 143 cm³/mol. The minimum absolute atomic E-state index is 0.160. The van der Waals surface area contributed by atoms with E-state index in [9.17, 15) is 9.18 Å². The number of ether oxygens (including phenoxy) is 2. The minimum Gasteiger partial charge on any atom is -0.493 e. The van der Waals surface area contributed by atoms with Gasteiger partial charge in [-0.15, -0.1) is 0 Å². The molecule has 0 atom stereocenters. The van der Waals surface area contributed by atoms with Gasteiger partial charge in [-0.1, -0.05) is 12.1 Å². The zero-order valence-electron chi connectivity index (χ0n) is 21.1. The number of pyridine rings is 1. The monoisotopic (exact) mass is 517 g/mol. The van der Waals surface area contributed by atoms with E-state index in [0.29, 0.717) is 61.1 Å². The summed E-state index contributed by atoms with van der Waals surface area (Å²) in [7, 11) is 3.18. The van der Waals surface area contributed by atoms with Gasteiger partial charge in [0.1, 0.15) is 11.3 Å². The molecule has 1 aliphatic heterocycles. The number of nitrogens with two attached hydrogens (primary N) is 1. The van der Waals surface area contributed by atoms with Crippen LogP contribution >= 0.6 is 0 Å². The largest absolute Gasteiger partial charge is 0.493 e. The number of benzene rings is 2. The standard InChI is InChI=1S/C27H28FN7O3/c1-37-22-10-5-18(15-23(22)38-2)20-8-9-21-24(31-20)25(33-26(29)32-21)34-11-13-35(14-12-34)27(36)30-16-17-3-6-19(28)7-4-17/h3-10,15H,11-14,16H2,1-2H3,(H,30,36)(H2,29,32,33). The quantitative estimate of drug-likeness (QED) is 0.399. The van der Waals surface area contributed by atoms with Gasteiger partial charge in [0.25, 0.3) is 0 Å². The van der Waals surface area contributed by atoms with E-state index in [1.54, 1.807) is 31.3 Å². The number of anilines is 2. The summed E-state index contributed by atoms with van der Waals surface area (Å²) in [5.41, 5.74) is 9.70. The van der Waals surface area contributed by atoms with Crippen LogP contribution in [0.2, 0.25) is 0 Å². The number of nitrogens with zero attached hydrogens (tertiary/aromatic N) is 5. The van der Waals surface area contributed by atoms with Gasteiger partial charge in [-0.3, -0.25) is 0 Å². The molecule has 1 saturated heterocycles. The van der Waals surface area contributed by atoms with Crippen LogP contribution in [0.3, 0.4) is 0 Å². The lowest BCUT2D eigenvalue weighted by atomic mass is 10.1. The van der Waals surface area contributed by atoms with Gasteiger partial charge in [0.15, 0.2) is 17.3 Å². The van der Waals surface area contributed by atoms with E-state index in [1.165, 1.54) is 12.1 Å². The Morgan fingerprint density at radius 2 is 1.68 bits per heavy atom. The molecular formula is C27H28FN7O3. The number of nitrogens with one attached hydrogen (secondary N) is 1. The first-order valence-corrected chi connectivity index (χ1v) is 12.1. The number of fused-ring (bicyclic) bond motifs is 1. The number of urea groups is 1. The number of aromatic nitrogens is 3. The van der Waals surface area contributed by atoms with Gasteiger partial charge in [-0.05, 0) is 48.0 Å². The third-order valence-electron chi connectivity index (χ3n) is 6.44. The Morgan fingerprint density at radius 1 is 0.947 bits per heavy atom. The molecule has 196 valence electrons. The molecule has 3 N–H and O–H groups in total. The number of nitrogen functional groups attached to an aromatic ring is 1. The van der Waals surface area contributed by atoms with E-state index in [0.717, 1.165) is 16.8 Å². The molecule has 2 aromatic carbocycles. The van der Waals surface area contributed by atoms with Crippen molar-refractivity contribution >= 4 is 28.8 Å². The highest BCUT2D eigenvalue weighted by atomic mass is 19.1. The fourth-order valence-corrected chi connectivity index (χ4v) is 4.41. The van der Waals surface area contributed by atoms with E-state index < -0.39 is 0 Å². The normalized spacial score (nSPS) is 13.4. The third kappa shape index (κ3) is 5.22. The zero-order chi connectivity index (χ0) is 26.6. The molecule has 0 saturated carbocycles. The SMILES string of the molecule is COc1ccc(-c2ccc3nc(N)nc(N4CCN(C(=O)NCc5ccc(F)cc5)CC4)c3n2)cc1OC. The summed E-state index contributed by atoms with van der Waals surface area (Å²) in [5, 5.41) is 2.89. The van der Waals surface area contributed by atoms with Gasteiger partial charge in [0.2, 0.25) is 5.95 Å². The van der Waals surface area contributed by atoms with Crippen LogP contribution in [0.25, 0.3) is 22.3 Å². The van der Waals surface area contributed by atoms with Crippen LogP contribution in [-0.4, -0.2) is 66.3 Å². The van der Waals surface area contributed by atoms with E-state index in [2.05, 4.69) is 20.2 Å². The first-order chi connectivity index (χ1) is 18.4. The second-order valence-corrected chi connectivity index (χ2v) is 8.80. The Labute approximate surface area is 219 Å². The predicted octanol–water partition coefficient (Wildman–Crippen LogP) is 3.46. The van der Waals surface area contributed by atoms with Crippen molar-refractivity contribution in [3.63, 3.8) is 0 Å². The van der Waals surface area contributed by atoms with Crippen LogP contribution in [0.4, 0.5) is 21.0 Å². The van der Waals surface area contributed by atoms with Crippen LogP contribution in [0.5, 0.6) is 11.5 Å². The molecule has 2 amide bonds. The molecule has 0 unspecified atom stereocenters. The van der Waals surface area contributed by atoms with Crippen molar-refractivity contribution in [2.45, 2.75) is 6.54 Å². The Kier molecular flexibility index (Phi) is 7.07. The molecule has 1 fully saturated rings. The van der Waals surface area contributed by atoms with E-state index in [4.69, 9.17) is 20.2 Å². The Hall–Kier alpha value is -4.67. The number of carbonyl (C=O) groups is 1. The van der Waals surface area contributed by atoms with Crippen LogP contribution in [0.1, 0.15) is 5.56 Å². The molecular weight excluding hydrogens is 489 g/mol. The van der Waals surface area contributed by atoms with E-state index >= 15 is 0 Å². The van der Waals surface area contributed by atoms with Crippen LogP contribution in [0, 0.1) is 5.82 Å². The highest BCUT2D eigenvalue weighted by molar-refractivity contribution is 5.89. The molecule has 10 nitrogen and oxygen atoms in total. The Balaban J connectivity index is 1.33. The number of methoxy groups -OCH3 is 2. The number of halogens is 1. The lowest BCUT2D eigenvalue weighted by Crippen LogP contribution is -2.52. The summed E-state index contributed by atoms with van der Waals surface area (Å²) in [6.45, 7) is 2.43. The summed E-state index contributed by atoms with van der Waals surface area (Å²) in [6.07, 6.45) is 0. The molecule has 5 rings (SSSR count). The molecule has 0 bridgehead atoms. The summed E-state index contributed by atoms with van der Waals surface area (Å²) < 4.78 is 23.9. The highest BCUT2D eigenvalue weighted by Crippen LogP contribution is 2.33. The Bertz CT molecular complexity index is 1460. The maximum Gasteiger partial charge on any atom is 0.317 e. The fourth-order valence-electron chi connectivity index (χ4n) is 4.41. The van der Waals surface area contributed by atoms with E-state index in [-0.39, 0.29) is 17.8 Å². The molecule has 0 aliphatic carbocycles. The molecule has 38 heavy (non-hydrogen) atoms. The number of amides is 2. The van der Waals surface area contributed by atoms with Gasteiger partial charge in [-0.2, -0.15) is 4.98 Å². The van der Waals surface area contributed by atoms with Gasteiger partial charge >= 0.3 is 6.03 Å². The second-order valence-electron chi connectivity index (χ2n) is 8.80. The first kappa shape index (κ1) is 25.0. The average Bonchev–Trinajstić information content (AvgIpc) is 2.95. The topological polar surface area (TPSA) is 119 Å². The van der Waals surface area contributed by atoms with Crippen molar-refractivity contribution in [1.29, 1.82) is 0 Å². The molecule has 0 radical (unpaired) electrons. The summed E-state index contributed by atoms with van der Waals surface area (Å²) in [4.78, 5) is 30.3. The molecule has 11 heteroatoms. The van der Waals surface area contributed by atoms with Gasteiger partial charge in [-0.25, -0.2) is 19.2 Å². The second kappa shape index (κ2) is 10.8. The smallest absolute Gasteiger partial charge is 0.317 e. The van der Waals surface area contributed by atoms with Gasteiger partial charge < -0.3 is 30.3 Å². The summed E-state index contributed by atoms with van der Waals surface area (Å²) >= 11 is 0. The van der Waals surface area contributed by atoms with Crippen molar-refractivity contribution in [1.82, 2.24) is 25.2 Å². The van der Waals surface area contributed by atoms with Crippen LogP contribution in [0.15, 0.2) is 54.6 Å².